The fraction of sp³-hybridized carbons (Fsp3) is 0.783. The minimum atomic E-state index is -0.448. The monoisotopic (exact) mass is 360 g/mol. The first-order valence-electron chi connectivity index (χ1n) is 10.6. The van der Waals surface area contributed by atoms with Gasteiger partial charge in [0.1, 0.15) is 5.83 Å². The summed E-state index contributed by atoms with van der Waals surface area (Å²) in [5, 5.41) is 9.34. The summed E-state index contributed by atoms with van der Waals surface area (Å²) in [6.45, 7) is 6.34. The second-order valence-corrected chi connectivity index (χ2v) is 9.75. The predicted molar refractivity (Wildman–Crippen MR) is 101 cm³/mol. The predicted octanol–water partition coefficient (Wildman–Crippen LogP) is 5.37. The van der Waals surface area contributed by atoms with E-state index in [1.165, 1.54) is 5.57 Å². The zero-order chi connectivity index (χ0) is 18.7. The molecule has 0 unspecified atom stereocenters. The molecule has 0 aromatic heterocycles. The Morgan fingerprint density at radius 2 is 1.92 bits per heavy atom. The molecule has 3 saturated carbocycles. The van der Waals surface area contributed by atoms with Crippen LogP contribution in [0.4, 0.5) is 4.39 Å². The number of carbonyl (C=O) groups is 1. The van der Waals surface area contributed by atoms with Crippen molar-refractivity contribution in [3.8, 4) is 0 Å². The highest BCUT2D eigenvalue weighted by atomic mass is 19.1. The van der Waals surface area contributed by atoms with Crippen LogP contribution in [-0.4, -0.2) is 17.5 Å². The van der Waals surface area contributed by atoms with Gasteiger partial charge >= 0.3 is 0 Å². The summed E-state index contributed by atoms with van der Waals surface area (Å²) in [7, 11) is 0. The minimum absolute atomic E-state index is 0.0692. The minimum Gasteiger partial charge on any atom is -0.389 e. The highest BCUT2D eigenvalue weighted by molar-refractivity contribution is 5.93. The van der Waals surface area contributed by atoms with Gasteiger partial charge in [-0.1, -0.05) is 26.3 Å². The van der Waals surface area contributed by atoms with E-state index < -0.39 is 6.61 Å². The van der Waals surface area contributed by atoms with Crippen molar-refractivity contribution >= 4 is 5.78 Å². The van der Waals surface area contributed by atoms with Crippen LogP contribution in [0, 0.1) is 34.5 Å². The maximum absolute atomic E-state index is 14.3. The molecule has 2 nitrogen and oxygen atoms in total. The van der Waals surface area contributed by atoms with Gasteiger partial charge in [-0.3, -0.25) is 4.79 Å². The number of carbonyl (C=O) groups excluding carboxylic acids is 1. The van der Waals surface area contributed by atoms with E-state index in [1.807, 2.05) is 6.08 Å². The van der Waals surface area contributed by atoms with Gasteiger partial charge < -0.3 is 5.11 Å². The Bertz CT molecular complexity index is 678. The molecule has 144 valence electrons. The molecule has 0 bridgehead atoms. The number of hydrogen-bond acceptors (Lipinski definition) is 2. The number of ketones is 1. The van der Waals surface area contributed by atoms with Crippen LogP contribution in [0.3, 0.4) is 0 Å². The third-order valence-electron chi connectivity index (χ3n) is 8.87. The number of fused-ring (bicyclic) bond motifs is 5. The van der Waals surface area contributed by atoms with Gasteiger partial charge in [-0.15, -0.1) is 0 Å². The highest BCUT2D eigenvalue weighted by Gasteiger charge is 2.58. The van der Waals surface area contributed by atoms with E-state index in [1.54, 1.807) is 0 Å². The molecule has 4 aliphatic rings. The van der Waals surface area contributed by atoms with Crippen LogP contribution in [0.1, 0.15) is 72.1 Å². The number of allylic oxidation sites excluding steroid dienone is 2. The first-order valence-corrected chi connectivity index (χ1v) is 10.6. The summed E-state index contributed by atoms with van der Waals surface area (Å²) in [4.78, 5) is 12.4. The third kappa shape index (κ3) is 2.42. The van der Waals surface area contributed by atoms with Crippen molar-refractivity contribution in [1.82, 2.24) is 0 Å². The molecule has 0 aromatic carbocycles. The van der Waals surface area contributed by atoms with Gasteiger partial charge in [-0.2, -0.15) is 0 Å². The van der Waals surface area contributed by atoms with Gasteiger partial charge in [-0.25, -0.2) is 4.39 Å². The number of halogens is 1. The zero-order valence-corrected chi connectivity index (χ0v) is 16.5. The van der Waals surface area contributed by atoms with Crippen molar-refractivity contribution in [3.63, 3.8) is 0 Å². The second kappa shape index (κ2) is 6.29. The lowest BCUT2D eigenvalue weighted by Crippen LogP contribution is -2.50. The largest absolute Gasteiger partial charge is 0.389 e. The van der Waals surface area contributed by atoms with E-state index in [0.29, 0.717) is 23.5 Å². The van der Waals surface area contributed by atoms with E-state index in [2.05, 4.69) is 20.8 Å². The Kier molecular flexibility index (Phi) is 4.45. The van der Waals surface area contributed by atoms with Gasteiger partial charge in [0.05, 0.1) is 6.61 Å². The topological polar surface area (TPSA) is 37.3 Å². The van der Waals surface area contributed by atoms with Crippen LogP contribution in [0.25, 0.3) is 0 Å². The molecule has 26 heavy (non-hydrogen) atoms. The smallest absolute Gasteiger partial charge is 0.158 e. The molecule has 3 heteroatoms. The Balaban J connectivity index is 1.68. The van der Waals surface area contributed by atoms with Crippen molar-refractivity contribution < 1.29 is 14.3 Å². The lowest BCUT2D eigenvalue weighted by molar-refractivity contribution is -0.122. The summed E-state index contributed by atoms with van der Waals surface area (Å²) >= 11 is 0. The second-order valence-electron chi connectivity index (χ2n) is 9.75. The van der Waals surface area contributed by atoms with Crippen LogP contribution in [0.2, 0.25) is 0 Å². The van der Waals surface area contributed by atoms with Gasteiger partial charge in [0, 0.05) is 5.92 Å². The number of rotatable bonds is 2. The number of hydrogen-bond donors (Lipinski definition) is 1. The maximum Gasteiger partial charge on any atom is 0.158 e. The molecule has 3 fully saturated rings. The highest BCUT2D eigenvalue weighted by Crippen LogP contribution is 2.67. The van der Waals surface area contributed by atoms with Crippen LogP contribution in [0.5, 0.6) is 0 Å². The number of aliphatic hydroxyl groups excluding tert-OH is 1. The first kappa shape index (κ1) is 18.4. The van der Waals surface area contributed by atoms with Crippen LogP contribution < -0.4 is 0 Å². The van der Waals surface area contributed by atoms with E-state index >= 15 is 0 Å². The van der Waals surface area contributed by atoms with Crippen molar-refractivity contribution in [3.05, 3.63) is 23.0 Å². The van der Waals surface area contributed by atoms with Crippen LogP contribution in [0.15, 0.2) is 23.0 Å². The van der Waals surface area contributed by atoms with Gasteiger partial charge in [-0.05, 0) is 91.6 Å². The van der Waals surface area contributed by atoms with Crippen molar-refractivity contribution in [2.45, 2.75) is 72.1 Å². The lowest BCUT2D eigenvalue weighted by atomic mass is 9.46. The normalized spacial score (nSPS) is 47.0. The van der Waals surface area contributed by atoms with Crippen molar-refractivity contribution in [2.24, 2.45) is 34.5 Å². The molecular formula is C23H33FO2. The van der Waals surface area contributed by atoms with Gasteiger partial charge in [0.25, 0.3) is 0 Å². The summed E-state index contributed by atoms with van der Waals surface area (Å²) < 4.78 is 14.3. The Labute approximate surface area is 156 Å². The molecule has 6 atom stereocenters. The fourth-order valence-corrected chi connectivity index (χ4v) is 7.45. The lowest BCUT2D eigenvalue weighted by Gasteiger charge is -2.58. The Morgan fingerprint density at radius 3 is 2.62 bits per heavy atom. The summed E-state index contributed by atoms with van der Waals surface area (Å²) in [6.07, 6.45) is 10.1. The molecule has 0 amide bonds. The molecule has 0 spiro atoms. The van der Waals surface area contributed by atoms with E-state index in [0.717, 1.165) is 56.9 Å². The summed E-state index contributed by atoms with van der Waals surface area (Å²) in [6, 6.07) is 0. The van der Waals surface area contributed by atoms with Crippen LogP contribution >= 0.6 is 0 Å². The quantitative estimate of drug-likeness (QED) is 0.719. The molecule has 4 rings (SSSR count). The molecule has 0 aliphatic heterocycles. The SMILES string of the molecule is CC[C@@H]1C[C@@]2(C)C(=CC1=O)CC[C@@H]1[C@@H]2CC[C@]2(C)C(=C(F)CO)CC[C@@H]12. The molecule has 0 aromatic rings. The van der Waals surface area contributed by atoms with Crippen molar-refractivity contribution in [2.75, 3.05) is 6.61 Å². The summed E-state index contributed by atoms with van der Waals surface area (Å²) in [5.41, 5.74) is 2.38. The van der Waals surface area contributed by atoms with Gasteiger partial charge in [0.2, 0.25) is 0 Å². The number of aliphatic hydroxyl groups is 1. The van der Waals surface area contributed by atoms with Crippen LogP contribution in [-0.2, 0) is 4.79 Å². The molecule has 0 radical (unpaired) electrons. The Hall–Kier alpha value is -0.960. The molecule has 0 saturated heterocycles. The van der Waals surface area contributed by atoms with E-state index in [9.17, 15) is 14.3 Å². The molecule has 0 heterocycles. The van der Waals surface area contributed by atoms with Crippen molar-refractivity contribution in [1.29, 1.82) is 0 Å². The molecular weight excluding hydrogens is 327 g/mol. The first-order chi connectivity index (χ1) is 12.3. The maximum atomic E-state index is 14.3. The van der Waals surface area contributed by atoms with E-state index in [4.69, 9.17) is 0 Å². The molecule has 4 aliphatic carbocycles. The molecule has 1 N–H and O–H groups in total. The average Bonchev–Trinajstić information content (AvgIpc) is 2.98. The standard InChI is InChI=1S/C23H33FO2/c1-4-14-12-23(3)15(11-21(14)26)5-6-16-17-7-8-19(20(24)13-25)22(17,2)10-9-18(16)23/h11,14,16-18,25H,4-10,12-13H2,1-3H3/t14-,16+,17+,18+,22+,23+/m1/s1. The fourth-order valence-electron chi connectivity index (χ4n) is 7.45. The van der Waals surface area contributed by atoms with E-state index in [-0.39, 0.29) is 22.6 Å². The zero-order valence-electron chi connectivity index (χ0n) is 16.5. The van der Waals surface area contributed by atoms with Gasteiger partial charge in [0.15, 0.2) is 5.78 Å². The average molecular weight is 361 g/mol. The Morgan fingerprint density at radius 1 is 1.19 bits per heavy atom. The third-order valence-corrected chi connectivity index (χ3v) is 8.87. The summed E-state index contributed by atoms with van der Waals surface area (Å²) in [5.74, 6) is 2.04.